The Balaban J connectivity index is 1.63. The highest BCUT2D eigenvalue weighted by Gasteiger charge is 2.24. The van der Waals surface area contributed by atoms with Gasteiger partial charge in [0, 0.05) is 40.2 Å². The van der Waals surface area contributed by atoms with Crippen molar-refractivity contribution in [2.45, 2.75) is 44.9 Å². The first-order valence-corrected chi connectivity index (χ1v) is 8.47. The molecule has 0 aromatic rings. The molecule has 1 aliphatic carbocycles. The predicted molar refractivity (Wildman–Crippen MR) is 87.6 cm³/mol. The Hall–Kier alpha value is -1.52. The molecule has 22 heavy (non-hydrogen) atoms. The maximum absolute atomic E-state index is 12.1. The Morgan fingerprint density at radius 3 is 2.64 bits per heavy atom. The number of rotatable bonds is 5. The zero-order valence-electron chi connectivity index (χ0n) is 13.9. The minimum absolute atomic E-state index is 0.0518. The van der Waals surface area contributed by atoms with Crippen molar-refractivity contribution in [3.05, 3.63) is 11.6 Å². The third kappa shape index (κ3) is 5.04. The average molecular weight is 307 g/mol. The second kappa shape index (κ2) is 8.20. The van der Waals surface area contributed by atoms with Crippen LogP contribution < -0.4 is 5.32 Å². The number of likely N-dealkylation sites (tertiary alicyclic amines) is 1. The number of allylic oxidation sites excluding steroid dienone is 1. The molecule has 5 nitrogen and oxygen atoms in total. The third-order valence-electron chi connectivity index (χ3n) is 4.72. The fourth-order valence-corrected chi connectivity index (χ4v) is 3.18. The van der Waals surface area contributed by atoms with E-state index in [0.29, 0.717) is 12.3 Å². The first-order valence-electron chi connectivity index (χ1n) is 8.47. The van der Waals surface area contributed by atoms with Gasteiger partial charge in [0.15, 0.2) is 0 Å². The molecule has 2 rings (SSSR count). The fourth-order valence-electron chi connectivity index (χ4n) is 3.18. The summed E-state index contributed by atoms with van der Waals surface area (Å²) >= 11 is 0. The first-order chi connectivity index (χ1) is 10.6. The molecule has 124 valence electrons. The molecule has 0 bridgehead atoms. The van der Waals surface area contributed by atoms with Gasteiger partial charge in [-0.05, 0) is 44.4 Å². The molecule has 2 aliphatic rings. The summed E-state index contributed by atoms with van der Waals surface area (Å²) in [6, 6.07) is 0.0518. The Kier molecular flexibility index (Phi) is 6.28. The number of piperidine rings is 1. The van der Waals surface area contributed by atoms with Gasteiger partial charge in [-0.25, -0.2) is 4.79 Å². The molecule has 5 heteroatoms. The van der Waals surface area contributed by atoms with E-state index in [-0.39, 0.29) is 11.9 Å². The molecule has 1 aliphatic heterocycles. The molecule has 0 spiro atoms. The number of hydrogen-bond acceptors (Lipinski definition) is 2. The van der Waals surface area contributed by atoms with Crippen LogP contribution in [-0.4, -0.2) is 55.5 Å². The summed E-state index contributed by atoms with van der Waals surface area (Å²) in [5.41, 5.74) is 1.49. The number of amides is 3. The Morgan fingerprint density at radius 2 is 2.05 bits per heavy atom. The zero-order valence-corrected chi connectivity index (χ0v) is 13.9. The molecule has 1 N–H and O–H groups in total. The molecule has 1 saturated heterocycles. The second-order valence-corrected chi connectivity index (χ2v) is 6.66. The Labute approximate surface area is 133 Å². The summed E-state index contributed by atoms with van der Waals surface area (Å²) in [5.74, 6) is 0.607. The van der Waals surface area contributed by atoms with Gasteiger partial charge in [0.25, 0.3) is 0 Å². The SMILES string of the molecule is CN(C)C(=O)CC1CCN(C(=O)NCCC2=CCCC2)CC1. The minimum atomic E-state index is 0.0518. The fraction of sp³-hybridized carbons (Fsp3) is 0.765. The van der Waals surface area contributed by atoms with Crippen LogP contribution in [0.4, 0.5) is 4.79 Å². The molecular formula is C17H29N3O2. The number of carbonyl (C=O) groups excluding carboxylic acids is 2. The lowest BCUT2D eigenvalue weighted by atomic mass is 9.93. The van der Waals surface area contributed by atoms with Crippen LogP contribution in [0, 0.1) is 5.92 Å². The Bertz CT molecular complexity index is 424. The second-order valence-electron chi connectivity index (χ2n) is 6.66. The van der Waals surface area contributed by atoms with Crippen molar-refractivity contribution in [3.8, 4) is 0 Å². The summed E-state index contributed by atoms with van der Waals surface area (Å²) in [7, 11) is 3.59. The normalized spacial score (nSPS) is 19.0. The standard InChI is InChI=1S/C17H29N3O2/c1-19(2)16(21)13-15-8-11-20(12-9-15)17(22)18-10-7-14-5-3-4-6-14/h5,15H,3-4,6-13H2,1-2H3,(H,18,22). The summed E-state index contributed by atoms with van der Waals surface area (Å²) in [5, 5.41) is 3.02. The molecule has 0 atom stereocenters. The van der Waals surface area contributed by atoms with Crippen molar-refractivity contribution in [1.29, 1.82) is 0 Å². The van der Waals surface area contributed by atoms with Gasteiger partial charge in [0.1, 0.15) is 0 Å². The van der Waals surface area contributed by atoms with Crippen LogP contribution in [0.1, 0.15) is 44.9 Å². The van der Waals surface area contributed by atoms with E-state index in [2.05, 4.69) is 11.4 Å². The van der Waals surface area contributed by atoms with Crippen LogP contribution in [0.5, 0.6) is 0 Å². The van der Waals surface area contributed by atoms with E-state index in [1.165, 1.54) is 24.8 Å². The van der Waals surface area contributed by atoms with E-state index in [1.54, 1.807) is 19.0 Å². The molecule has 3 amide bonds. The third-order valence-corrected chi connectivity index (χ3v) is 4.72. The van der Waals surface area contributed by atoms with E-state index in [0.717, 1.165) is 38.9 Å². The van der Waals surface area contributed by atoms with Gasteiger partial charge in [-0.15, -0.1) is 0 Å². The zero-order chi connectivity index (χ0) is 15.9. The van der Waals surface area contributed by atoms with Crippen LogP contribution in [0.15, 0.2) is 11.6 Å². The average Bonchev–Trinajstić information content (AvgIpc) is 3.01. The number of hydrogen-bond donors (Lipinski definition) is 1. The topological polar surface area (TPSA) is 52.7 Å². The van der Waals surface area contributed by atoms with Crippen molar-refractivity contribution in [1.82, 2.24) is 15.1 Å². The summed E-state index contributed by atoms with van der Waals surface area (Å²) in [4.78, 5) is 27.4. The van der Waals surface area contributed by atoms with Crippen molar-refractivity contribution in [2.24, 2.45) is 5.92 Å². The number of carbonyl (C=O) groups is 2. The van der Waals surface area contributed by atoms with Gasteiger partial charge < -0.3 is 15.1 Å². The minimum Gasteiger partial charge on any atom is -0.349 e. The van der Waals surface area contributed by atoms with Crippen LogP contribution in [-0.2, 0) is 4.79 Å². The van der Waals surface area contributed by atoms with E-state index in [9.17, 15) is 9.59 Å². The lowest BCUT2D eigenvalue weighted by molar-refractivity contribution is -0.129. The highest BCUT2D eigenvalue weighted by Crippen LogP contribution is 2.22. The van der Waals surface area contributed by atoms with Gasteiger partial charge in [-0.1, -0.05) is 11.6 Å². The molecular weight excluding hydrogens is 278 g/mol. The Morgan fingerprint density at radius 1 is 1.32 bits per heavy atom. The molecule has 0 saturated carbocycles. The predicted octanol–water partition coefficient (Wildman–Crippen LogP) is 2.39. The van der Waals surface area contributed by atoms with Crippen LogP contribution in [0.3, 0.4) is 0 Å². The summed E-state index contributed by atoms with van der Waals surface area (Å²) < 4.78 is 0. The van der Waals surface area contributed by atoms with E-state index < -0.39 is 0 Å². The molecule has 1 heterocycles. The number of urea groups is 1. The van der Waals surface area contributed by atoms with E-state index >= 15 is 0 Å². The van der Waals surface area contributed by atoms with Crippen LogP contribution >= 0.6 is 0 Å². The maximum Gasteiger partial charge on any atom is 0.317 e. The monoisotopic (exact) mass is 307 g/mol. The molecule has 0 radical (unpaired) electrons. The molecule has 0 aromatic carbocycles. The largest absolute Gasteiger partial charge is 0.349 e. The smallest absolute Gasteiger partial charge is 0.317 e. The van der Waals surface area contributed by atoms with Crippen molar-refractivity contribution < 1.29 is 9.59 Å². The summed E-state index contributed by atoms with van der Waals surface area (Å²) in [6.07, 6.45) is 9.41. The van der Waals surface area contributed by atoms with Crippen LogP contribution in [0.25, 0.3) is 0 Å². The highest BCUT2D eigenvalue weighted by atomic mass is 16.2. The lowest BCUT2D eigenvalue weighted by Gasteiger charge is -2.32. The maximum atomic E-state index is 12.1. The van der Waals surface area contributed by atoms with E-state index in [1.807, 2.05) is 4.90 Å². The van der Waals surface area contributed by atoms with Gasteiger partial charge in [-0.2, -0.15) is 0 Å². The molecule has 1 fully saturated rings. The molecule has 0 unspecified atom stereocenters. The van der Waals surface area contributed by atoms with E-state index in [4.69, 9.17) is 0 Å². The van der Waals surface area contributed by atoms with Gasteiger partial charge in [0.05, 0.1) is 0 Å². The van der Waals surface area contributed by atoms with Gasteiger partial charge in [0.2, 0.25) is 5.91 Å². The van der Waals surface area contributed by atoms with Crippen molar-refractivity contribution >= 4 is 11.9 Å². The van der Waals surface area contributed by atoms with Crippen molar-refractivity contribution in [3.63, 3.8) is 0 Å². The van der Waals surface area contributed by atoms with Crippen LogP contribution in [0.2, 0.25) is 0 Å². The highest BCUT2D eigenvalue weighted by molar-refractivity contribution is 5.76. The molecule has 0 aromatic heterocycles. The van der Waals surface area contributed by atoms with Gasteiger partial charge in [-0.3, -0.25) is 4.79 Å². The first kappa shape index (κ1) is 16.8. The number of nitrogens with zero attached hydrogens (tertiary/aromatic N) is 2. The quantitative estimate of drug-likeness (QED) is 0.793. The van der Waals surface area contributed by atoms with Crippen molar-refractivity contribution in [2.75, 3.05) is 33.7 Å². The lowest BCUT2D eigenvalue weighted by Crippen LogP contribution is -2.45. The van der Waals surface area contributed by atoms with Gasteiger partial charge >= 0.3 is 6.03 Å². The number of nitrogens with one attached hydrogen (secondary N) is 1. The summed E-state index contributed by atoms with van der Waals surface area (Å²) in [6.45, 7) is 2.27.